The van der Waals surface area contributed by atoms with Crippen molar-refractivity contribution in [3.05, 3.63) is 42.5 Å². The Morgan fingerprint density at radius 2 is 1.71 bits per heavy atom. The molecule has 0 saturated carbocycles. The second kappa shape index (κ2) is 6.74. The van der Waals surface area contributed by atoms with E-state index in [2.05, 4.69) is 17.6 Å². The average Bonchev–Trinajstić information content (AvgIpc) is 2.88. The molecular weight excluding hydrogens is 306 g/mol. The molecule has 124 valence electrons. The first kappa shape index (κ1) is 16.1. The van der Waals surface area contributed by atoms with E-state index in [1.54, 1.807) is 13.0 Å². The lowest BCUT2D eigenvalue weighted by atomic mass is 10.1. The molecular formula is C19H19NO4. The van der Waals surface area contributed by atoms with Gasteiger partial charge in [0.05, 0.1) is 6.61 Å². The highest BCUT2D eigenvalue weighted by atomic mass is 16.6. The topological polar surface area (TPSA) is 57.5 Å². The molecule has 24 heavy (non-hydrogen) atoms. The van der Waals surface area contributed by atoms with Gasteiger partial charge in [-0.25, -0.2) is 0 Å². The smallest absolute Gasteiger partial charge is 0.322 e. The van der Waals surface area contributed by atoms with Crippen LogP contribution in [0.3, 0.4) is 0 Å². The molecule has 2 aromatic carbocycles. The maximum atomic E-state index is 11.8. The van der Waals surface area contributed by atoms with Crippen LogP contribution in [0.25, 0.3) is 21.8 Å². The number of ether oxygens (including phenoxy) is 2. The van der Waals surface area contributed by atoms with Gasteiger partial charge < -0.3 is 14.0 Å². The second-order valence-electron chi connectivity index (χ2n) is 5.40. The Labute approximate surface area is 139 Å². The lowest BCUT2D eigenvalue weighted by Crippen LogP contribution is -2.15. The molecule has 0 aliphatic carbocycles. The average molecular weight is 325 g/mol. The third-order valence-electron chi connectivity index (χ3n) is 3.89. The zero-order valence-electron chi connectivity index (χ0n) is 13.7. The molecule has 1 heterocycles. The molecule has 0 saturated heterocycles. The van der Waals surface area contributed by atoms with Gasteiger partial charge in [-0.3, -0.25) is 9.59 Å². The molecule has 0 spiro atoms. The minimum atomic E-state index is -0.618. The molecule has 0 bridgehead atoms. The normalized spacial score (nSPS) is 10.9. The Balaban J connectivity index is 1.93. The predicted octanol–water partition coefficient (Wildman–Crippen LogP) is 3.67. The van der Waals surface area contributed by atoms with Gasteiger partial charge in [0.1, 0.15) is 12.2 Å². The third-order valence-corrected chi connectivity index (χ3v) is 3.89. The van der Waals surface area contributed by atoms with Gasteiger partial charge >= 0.3 is 11.9 Å². The molecule has 3 aromatic rings. The van der Waals surface area contributed by atoms with E-state index >= 15 is 0 Å². The summed E-state index contributed by atoms with van der Waals surface area (Å²) in [6, 6.07) is 13.6. The molecule has 1 aromatic heterocycles. The van der Waals surface area contributed by atoms with Crippen molar-refractivity contribution in [2.24, 2.45) is 0 Å². The van der Waals surface area contributed by atoms with E-state index in [1.807, 2.05) is 30.3 Å². The van der Waals surface area contributed by atoms with Crippen molar-refractivity contribution >= 4 is 33.7 Å². The van der Waals surface area contributed by atoms with Crippen molar-refractivity contribution in [2.45, 2.75) is 26.8 Å². The van der Waals surface area contributed by atoms with Crippen LogP contribution in [0, 0.1) is 0 Å². The van der Waals surface area contributed by atoms with E-state index < -0.39 is 11.9 Å². The third kappa shape index (κ3) is 2.97. The van der Waals surface area contributed by atoms with Crippen LogP contribution < -0.4 is 4.74 Å². The lowest BCUT2D eigenvalue weighted by molar-refractivity contribution is -0.149. The first-order chi connectivity index (χ1) is 11.6. The van der Waals surface area contributed by atoms with Crippen LogP contribution in [-0.4, -0.2) is 23.1 Å². The number of esters is 2. The van der Waals surface area contributed by atoms with Gasteiger partial charge in [-0.2, -0.15) is 0 Å². The number of carbonyl (C=O) groups is 2. The number of para-hydroxylation sites is 1. The molecule has 0 aliphatic heterocycles. The highest BCUT2D eigenvalue weighted by Crippen LogP contribution is 2.31. The number of benzene rings is 2. The molecule has 0 radical (unpaired) electrons. The maximum Gasteiger partial charge on any atom is 0.322 e. The summed E-state index contributed by atoms with van der Waals surface area (Å²) in [6.45, 7) is 4.89. The van der Waals surface area contributed by atoms with E-state index in [1.165, 1.54) is 0 Å². The summed E-state index contributed by atoms with van der Waals surface area (Å²) < 4.78 is 12.3. The fourth-order valence-corrected chi connectivity index (χ4v) is 2.93. The Morgan fingerprint density at radius 1 is 0.958 bits per heavy atom. The monoisotopic (exact) mass is 325 g/mol. The second-order valence-corrected chi connectivity index (χ2v) is 5.40. The van der Waals surface area contributed by atoms with Crippen LogP contribution in [0.4, 0.5) is 0 Å². The van der Waals surface area contributed by atoms with Crippen molar-refractivity contribution in [3.8, 4) is 5.75 Å². The summed E-state index contributed by atoms with van der Waals surface area (Å²) in [7, 11) is 0. The minimum Gasteiger partial charge on any atom is -0.466 e. The fraction of sp³-hybridized carbons (Fsp3) is 0.263. The van der Waals surface area contributed by atoms with Gasteiger partial charge in [0.2, 0.25) is 0 Å². The molecule has 5 heteroatoms. The quantitative estimate of drug-likeness (QED) is 0.408. The Kier molecular flexibility index (Phi) is 4.51. The van der Waals surface area contributed by atoms with Crippen LogP contribution >= 0.6 is 0 Å². The molecule has 5 nitrogen and oxygen atoms in total. The van der Waals surface area contributed by atoms with Gasteiger partial charge in [0.15, 0.2) is 0 Å². The van der Waals surface area contributed by atoms with Crippen LogP contribution in [-0.2, 0) is 20.9 Å². The first-order valence-electron chi connectivity index (χ1n) is 8.01. The Morgan fingerprint density at radius 3 is 2.46 bits per heavy atom. The fourth-order valence-electron chi connectivity index (χ4n) is 2.93. The zero-order chi connectivity index (χ0) is 17.1. The first-order valence-corrected chi connectivity index (χ1v) is 8.01. The molecule has 0 fully saturated rings. The summed E-state index contributed by atoms with van der Waals surface area (Å²) in [5, 5.41) is 2.13. The SMILES string of the molecule is CCOC(=O)CC(=O)Oc1ccc2c(c1)c1ccccc1n2CC. The number of fused-ring (bicyclic) bond motifs is 3. The van der Waals surface area contributed by atoms with Gasteiger partial charge in [-0.15, -0.1) is 0 Å². The van der Waals surface area contributed by atoms with Crippen molar-refractivity contribution < 1.29 is 19.1 Å². The van der Waals surface area contributed by atoms with Crippen LogP contribution in [0.1, 0.15) is 20.3 Å². The molecule has 0 N–H and O–H groups in total. The van der Waals surface area contributed by atoms with Crippen molar-refractivity contribution in [1.29, 1.82) is 0 Å². The number of aryl methyl sites for hydroxylation is 1. The summed E-state index contributed by atoms with van der Waals surface area (Å²) in [5.41, 5.74) is 2.23. The summed E-state index contributed by atoms with van der Waals surface area (Å²) in [6.07, 6.45) is -0.386. The number of aromatic nitrogens is 1. The number of hydrogen-bond donors (Lipinski definition) is 0. The molecule has 3 rings (SSSR count). The van der Waals surface area contributed by atoms with E-state index in [0.717, 1.165) is 28.4 Å². The number of nitrogens with zero attached hydrogens (tertiary/aromatic N) is 1. The number of rotatable bonds is 5. The lowest BCUT2D eigenvalue weighted by Gasteiger charge is -2.06. The van der Waals surface area contributed by atoms with Crippen LogP contribution in [0.5, 0.6) is 5.75 Å². The minimum absolute atomic E-state index is 0.245. The standard InChI is InChI=1S/C19H19NO4/c1-3-20-16-8-6-5-7-14(16)15-11-13(9-10-17(15)20)24-19(22)12-18(21)23-4-2/h5-11H,3-4,12H2,1-2H3. The van der Waals surface area contributed by atoms with Crippen molar-refractivity contribution in [3.63, 3.8) is 0 Å². The maximum absolute atomic E-state index is 11.8. The van der Waals surface area contributed by atoms with Crippen molar-refractivity contribution in [2.75, 3.05) is 6.61 Å². The van der Waals surface area contributed by atoms with E-state index in [-0.39, 0.29) is 13.0 Å². The van der Waals surface area contributed by atoms with Gasteiger partial charge in [0.25, 0.3) is 0 Å². The summed E-state index contributed by atoms with van der Waals surface area (Å²) in [4.78, 5) is 23.2. The Bertz CT molecular complexity index is 910. The number of carbonyl (C=O) groups excluding carboxylic acids is 2. The molecule has 0 unspecified atom stereocenters. The van der Waals surface area contributed by atoms with Crippen molar-refractivity contribution in [1.82, 2.24) is 4.57 Å². The number of hydrogen-bond acceptors (Lipinski definition) is 4. The van der Waals surface area contributed by atoms with E-state index in [9.17, 15) is 9.59 Å². The highest BCUT2D eigenvalue weighted by molar-refractivity contribution is 6.08. The Hall–Kier alpha value is -2.82. The molecule has 0 amide bonds. The summed E-state index contributed by atoms with van der Waals surface area (Å²) >= 11 is 0. The van der Waals surface area contributed by atoms with E-state index in [4.69, 9.17) is 9.47 Å². The van der Waals surface area contributed by atoms with Gasteiger partial charge in [-0.05, 0) is 38.1 Å². The highest BCUT2D eigenvalue weighted by Gasteiger charge is 2.14. The van der Waals surface area contributed by atoms with Gasteiger partial charge in [0, 0.05) is 28.4 Å². The molecule has 0 atom stereocenters. The summed E-state index contributed by atoms with van der Waals surface area (Å²) in [5.74, 6) is -0.769. The molecule has 0 aliphatic rings. The van der Waals surface area contributed by atoms with E-state index in [0.29, 0.717) is 5.75 Å². The van der Waals surface area contributed by atoms with Crippen LogP contribution in [0.2, 0.25) is 0 Å². The predicted molar refractivity (Wildman–Crippen MR) is 92.0 cm³/mol. The van der Waals surface area contributed by atoms with Crippen LogP contribution in [0.15, 0.2) is 42.5 Å². The largest absolute Gasteiger partial charge is 0.466 e. The van der Waals surface area contributed by atoms with Gasteiger partial charge in [-0.1, -0.05) is 18.2 Å². The zero-order valence-corrected chi connectivity index (χ0v) is 13.7.